The Kier molecular flexibility index (Phi) is 4.75. The van der Waals surface area contributed by atoms with Gasteiger partial charge in [-0.1, -0.05) is 6.42 Å². The van der Waals surface area contributed by atoms with Crippen LogP contribution in [0, 0.1) is 0 Å². The molecule has 1 aliphatic rings. The van der Waals surface area contributed by atoms with Gasteiger partial charge in [0, 0.05) is 25.0 Å². The van der Waals surface area contributed by atoms with Gasteiger partial charge in [-0.15, -0.1) is 11.3 Å². The first-order chi connectivity index (χ1) is 8.31. The smallest absolute Gasteiger partial charge is 0.172 e. The summed E-state index contributed by atoms with van der Waals surface area (Å²) in [4.78, 5) is 14.4. The summed E-state index contributed by atoms with van der Waals surface area (Å²) in [6.07, 6.45) is 7.68. The highest BCUT2D eigenvalue weighted by atomic mass is 32.1. The summed E-state index contributed by atoms with van der Waals surface area (Å²) in [5.74, 6) is 0.292. The van der Waals surface area contributed by atoms with Gasteiger partial charge in [-0.3, -0.25) is 4.79 Å². The van der Waals surface area contributed by atoms with Gasteiger partial charge in [0.2, 0.25) is 0 Å². The van der Waals surface area contributed by atoms with E-state index in [4.69, 9.17) is 4.74 Å². The van der Waals surface area contributed by atoms with Crippen LogP contribution in [0.15, 0.2) is 6.07 Å². The lowest BCUT2D eigenvalue weighted by atomic mass is 10.1. The van der Waals surface area contributed by atoms with Gasteiger partial charge in [0.25, 0.3) is 0 Å². The molecule has 17 heavy (non-hydrogen) atoms. The zero-order valence-electron chi connectivity index (χ0n) is 10.5. The van der Waals surface area contributed by atoms with Crippen LogP contribution in [0.2, 0.25) is 0 Å². The maximum absolute atomic E-state index is 12.0. The topological polar surface area (TPSA) is 26.3 Å². The Morgan fingerprint density at radius 1 is 1.35 bits per heavy atom. The van der Waals surface area contributed by atoms with E-state index in [1.54, 1.807) is 18.4 Å². The fourth-order valence-electron chi connectivity index (χ4n) is 2.31. The first kappa shape index (κ1) is 12.8. The molecule has 0 saturated heterocycles. The van der Waals surface area contributed by atoms with E-state index in [1.165, 1.54) is 36.1 Å². The van der Waals surface area contributed by atoms with Gasteiger partial charge in [-0.05, 0) is 43.7 Å². The summed E-state index contributed by atoms with van der Waals surface area (Å²) in [7, 11) is 1.68. The number of fused-ring (bicyclic) bond motifs is 1. The summed E-state index contributed by atoms with van der Waals surface area (Å²) in [6.45, 7) is 0.677. The number of Topliss-reactive ketones (excluding diaryl/α,β-unsaturated/α-hetero) is 1. The Morgan fingerprint density at radius 2 is 2.18 bits per heavy atom. The minimum Gasteiger partial charge on any atom is -0.385 e. The van der Waals surface area contributed by atoms with Crippen molar-refractivity contribution in [1.82, 2.24) is 0 Å². The third-order valence-electron chi connectivity index (χ3n) is 3.27. The van der Waals surface area contributed by atoms with Crippen molar-refractivity contribution in [3.63, 3.8) is 0 Å². The Hall–Kier alpha value is -0.670. The normalized spacial score (nSPS) is 15.4. The van der Waals surface area contributed by atoms with Crippen molar-refractivity contribution in [2.45, 2.75) is 44.9 Å². The molecular weight excluding hydrogens is 232 g/mol. The Balaban J connectivity index is 1.99. The Labute approximate surface area is 107 Å². The predicted octanol–water partition coefficient (Wildman–Crippen LogP) is 3.63. The summed E-state index contributed by atoms with van der Waals surface area (Å²) >= 11 is 1.72. The fourth-order valence-corrected chi connectivity index (χ4v) is 3.53. The maximum atomic E-state index is 12.0. The monoisotopic (exact) mass is 252 g/mol. The second-order valence-corrected chi connectivity index (χ2v) is 5.78. The molecular formula is C14H20O2S. The van der Waals surface area contributed by atoms with Crippen LogP contribution in [0.25, 0.3) is 0 Å². The third-order valence-corrected chi connectivity index (χ3v) is 4.55. The van der Waals surface area contributed by atoms with Gasteiger partial charge in [0.15, 0.2) is 5.78 Å². The van der Waals surface area contributed by atoms with Gasteiger partial charge in [0.1, 0.15) is 0 Å². The number of ether oxygens (including phenoxy) is 1. The van der Waals surface area contributed by atoms with E-state index in [0.717, 1.165) is 17.7 Å². The molecule has 0 amide bonds. The van der Waals surface area contributed by atoms with E-state index in [9.17, 15) is 4.79 Å². The highest BCUT2D eigenvalue weighted by molar-refractivity contribution is 7.14. The van der Waals surface area contributed by atoms with Crippen molar-refractivity contribution >= 4 is 17.1 Å². The lowest BCUT2D eigenvalue weighted by Gasteiger charge is -1.97. The zero-order chi connectivity index (χ0) is 12.1. The quantitative estimate of drug-likeness (QED) is 0.454. The number of methoxy groups -OCH3 is 1. The lowest BCUT2D eigenvalue weighted by molar-refractivity contribution is 0.0967. The molecule has 0 fully saturated rings. The highest BCUT2D eigenvalue weighted by Gasteiger charge is 2.15. The molecule has 2 rings (SSSR count). The maximum Gasteiger partial charge on any atom is 0.172 e. The summed E-state index contributed by atoms with van der Waals surface area (Å²) < 4.78 is 4.98. The second kappa shape index (κ2) is 6.31. The predicted molar refractivity (Wildman–Crippen MR) is 71.0 cm³/mol. The van der Waals surface area contributed by atoms with Crippen LogP contribution in [0.3, 0.4) is 0 Å². The first-order valence-electron chi connectivity index (χ1n) is 6.45. The van der Waals surface area contributed by atoms with Crippen LogP contribution < -0.4 is 0 Å². The van der Waals surface area contributed by atoms with E-state index in [1.807, 2.05) is 0 Å². The standard InChI is InChI=1S/C14H20O2S/c1-16-9-5-7-12(15)14-10-11-6-3-2-4-8-13(11)17-14/h10H,2-9H2,1H3. The van der Waals surface area contributed by atoms with Gasteiger partial charge in [-0.25, -0.2) is 0 Å². The molecule has 0 spiro atoms. The summed E-state index contributed by atoms with van der Waals surface area (Å²) in [5, 5.41) is 0. The highest BCUT2D eigenvalue weighted by Crippen LogP contribution is 2.29. The Morgan fingerprint density at radius 3 is 3.00 bits per heavy atom. The Bertz CT molecular complexity index is 358. The molecule has 1 aliphatic carbocycles. The largest absolute Gasteiger partial charge is 0.385 e. The van der Waals surface area contributed by atoms with Crippen molar-refractivity contribution in [2.75, 3.05) is 13.7 Å². The lowest BCUT2D eigenvalue weighted by Crippen LogP contribution is -1.98. The van der Waals surface area contributed by atoms with Crippen molar-refractivity contribution < 1.29 is 9.53 Å². The van der Waals surface area contributed by atoms with Crippen molar-refractivity contribution in [3.8, 4) is 0 Å². The molecule has 0 aliphatic heterocycles. The van der Waals surface area contributed by atoms with Gasteiger partial charge in [0.05, 0.1) is 4.88 Å². The zero-order valence-corrected chi connectivity index (χ0v) is 11.3. The van der Waals surface area contributed by atoms with Crippen LogP contribution in [-0.4, -0.2) is 19.5 Å². The van der Waals surface area contributed by atoms with E-state index in [-0.39, 0.29) is 0 Å². The minimum atomic E-state index is 0.292. The molecule has 0 atom stereocenters. The number of ketones is 1. The fraction of sp³-hybridized carbons (Fsp3) is 0.643. The molecule has 1 heterocycles. The number of thiophene rings is 1. The first-order valence-corrected chi connectivity index (χ1v) is 7.26. The molecule has 0 bridgehead atoms. The van der Waals surface area contributed by atoms with Gasteiger partial charge >= 0.3 is 0 Å². The van der Waals surface area contributed by atoms with E-state index < -0.39 is 0 Å². The number of carbonyl (C=O) groups excluding carboxylic acids is 1. The summed E-state index contributed by atoms with van der Waals surface area (Å²) in [6, 6.07) is 2.14. The summed E-state index contributed by atoms with van der Waals surface area (Å²) in [5.41, 5.74) is 1.43. The average molecular weight is 252 g/mol. The molecule has 3 heteroatoms. The number of aryl methyl sites for hydroxylation is 2. The molecule has 0 saturated carbocycles. The van der Waals surface area contributed by atoms with Gasteiger partial charge < -0.3 is 4.74 Å². The van der Waals surface area contributed by atoms with Crippen LogP contribution in [0.1, 0.15) is 52.2 Å². The third kappa shape index (κ3) is 3.39. The average Bonchev–Trinajstić information content (AvgIpc) is 2.61. The molecule has 0 N–H and O–H groups in total. The molecule has 0 unspecified atom stereocenters. The number of carbonyl (C=O) groups is 1. The number of hydrogen-bond acceptors (Lipinski definition) is 3. The van der Waals surface area contributed by atoms with E-state index >= 15 is 0 Å². The molecule has 0 aromatic carbocycles. The SMILES string of the molecule is COCCCC(=O)c1cc2c(s1)CCCCC2. The number of hydrogen-bond donors (Lipinski definition) is 0. The van der Waals surface area contributed by atoms with Crippen LogP contribution in [0.5, 0.6) is 0 Å². The van der Waals surface area contributed by atoms with Crippen molar-refractivity contribution in [3.05, 3.63) is 21.4 Å². The van der Waals surface area contributed by atoms with Crippen molar-refractivity contribution in [2.24, 2.45) is 0 Å². The van der Waals surface area contributed by atoms with Crippen LogP contribution in [0.4, 0.5) is 0 Å². The molecule has 1 aromatic rings. The van der Waals surface area contributed by atoms with Crippen LogP contribution >= 0.6 is 11.3 Å². The number of rotatable bonds is 5. The minimum absolute atomic E-state index is 0.292. The molecule has 2 nitrogen and oxygen atoms in total. The molecule has 94 valence electrons. The van der Waals surface area contributed by atoms with Crippen molar-refractivity contribution in [1.29, 1.82) is 0 Å². The molecule has 1 aromatic heterocycles. The van der Waals surface area contributed by atoms with Crippen LogP contribution in [-0.2, 0) is 17.6 Å². The van der Waals surface area contributed by atoms with E-state index in [2.05, 4.69) is 6.07 Å². The second-order valence-electron chi connectivity index (χ2n) is 4.64. The molecule has 0 radical (unpaired) electrons. The van der Waals surface area contributed by atoms with Gasteiger partial charge in [-0.2, -0.15) is 0 Å². The van der Waals surface area contributed by atoms with E-state index in [0.29, 0.717) is 18.8 Å².